The summed E-state index contributed by atoms with van der Waals surface area (Å²) in [6, 6.07) is 9.53. The van der Waals surface area contributed by atoms with Gasteiger partial charge in [-0.2, -0.15) is 0 Å². The Bertz CT molecular complexity index is 1450. The number of H-pyrrole nitrogens is 1. The molecule has 4 aromatic rings. The normalized spacial score (nSPS) is 19.0. The van der Waals surface area contributed by atoms with Gasteiger partial charge in [-0.1, -0.05) is 51.5 Å². The van der Waals surface area contributed by atoms with Crippen molar-refractivity contribution >= 4 is 5.97 Å². The number of tetrazole rings is 1. The second-order valence-electron chi connectivity index (χ2n) is 10.4. The molecule has 5 rings (SSSR count). The number of imidazole rings is 1. The summed E-state index contributed by atoms with van der Waals surface area (Å²) in [7, 11) is 0. The van der Waals surface area contributed by atoms with Gasteiger partial charge < -0.3 is 5.11 Å². The number of carboxylic acids is 1. The molecule has 1 saturated carbocycles. The van der Waals surface area contributed by atoms with E-state index in [4.69, 9.17) is 0 Å². The van der Waals surface area contributed by atoms with Crippen LogP contribution in [0.4, 0.5) is 0 Å². The Labute approximate surface area is 220 Å². The van der Waals surface area contributed by atoms with Crippen molar-refractivity contribution in [2.75, 3.05) is 0 Å². The number of nitrogens with zero attached hydrogens (tertiary/aromatic N) is 6. The summed E-state index contributed by atoms with van der Waals surface area (Å²) in [5, 5.41) is 23.8. The summed E-state index contributed by atoms with van der Waals surface area (Å²) < 4.78 is 3.51. The zero-order valence-electron chi connectivity index (χ0n) is 21.9. The first kappa shape index (κ1) is 25.6. The summed E-state index contributed by atoms with van der Waals surface area (Å²) in [4.78, 5) is 30.2. The number of benzene rings is 1. The number of carbonyl (C=O) groups is 1. The second-order valence-corrected chi connectivity index (χ2v) is 10.4. The van der Waals surface area contributed by atoms with E-state index in [-0.39, 0.29) is 17.6 Å². The van der Waals surface area contributed by atoms with E-state index in [0.29, 0.717) is 24.7 Å². The number of carboxylic acid groups (broad SMARTS) is 1. The van der Waals surface area contributed by atoms with Crippen molar-refractivity contribution in [2.24, 2.45) is 17.8 Å². The predicted octanol–water partition coefficient (Wildman–Crippen LogP) is 4.20. The first-order chi connectivity index (χ1) is 18.4. The van der Waals surface area contributed by atoms with E-state index in [1.165, 1.54) is 0 Å². The molecule has 0 bridgehead atoms. The minimum Gasteiger partial charge on any atom is -0.481 e. The van der Waals surface area contributed by atoms with Crippen molar-refractivity contribution in [2.45, 2.75) is 59.0 Å². The Balaban J connectivity index is 1.51. The maximum Gasteiger partial charge on any atom is 0.328 e. The highest BCUT2D eigenvalue weighted by atomic mass is 16.4. The standard InChI is InChI=1S/C28H33N7O3/c1-4-5-6-21-16-35(25-23(17(2)3)13-24(25)27(36)37)28(38)34(21)15-20-14-29-12-11-22(20)18-7-9-19(10-8-18)26-30-32-33-31-26/h7-12,14,16-17,23-25H,4-6,13,15H2,1-3H3,(H,36,37)(H,30,31,32,33). The molecule has 0 aliphatic heterocycles. The third-order valence-electron chi connectivity index (χ3n) is 7.79. The van der Waals surface area contributed by atoms with Gasteiger partial charge in [0.05, 0.1) is 18.5 Å². The fourth-order valence-electron chi connectivity index (χ4n) is 5.57. The van der Waals surface area contributed by atoms with Crippen LogP contribution in [-0.4, -0.2) is 45.8 Å². The predicted molar refractivity (Wildman–Crippen MR) is 142 cm³/mol. The summed E-state index contributed by atoms with van der Waals surface area (Å²) in [6.45, 7) is 6.68. The highest BCUT2D eigenvalue weighted by Gasteiger charge is 2.48. The smallest absolute Gasteiger partial charge is 0.328 e. The number of aryl methyl sites for hydroxylation is 1. The third kappa shape index (κ3) is 4.78. The first-order valence-corrected chi connectivity index (χ1v) is 13.2. The van der Waals surface area contributed by atoms with Gasteiger partial charge in [0.25, 0.3) is 0 Å². The average molecular weight is 516 g/mol. The Morgan fingerprint density at radius 2 is 1.95 bits per heavy atom. The maximum atomic E-state index is 13.8. The molecular formula is C28H33N7O3. The number of aliphatic carboxylic acids is 1. The van der Waals surface area contributed by atoms with Gasteiger partial charge in [0.1, 0.15) is 0 Å². The molecule has 38 heavy (non-hydrogen) atoms. The number of aromatic amines is 1. The van der Waals surface area contributed by atoms with E-state index in [9.17, 15) is 14.7 Å². The molecule has 10 nitrogen and oxygen atoms in total. The summed E-state index contributed by atoms with van der Waals surface area (Å²) >= 11 is 0. The minimum atomic E-state index is -0.833. The Kier molecular flexibility index (Phi) is 7.22. The van der Waals surface area contributed by atoms with Crippen molar-refractivity contribution in [3.63, 3.8) is 0 Å². The van der Waals surface area contributed by atoms with Crippen LogP contribution in [0, 0.1) is 17.8 Å². The highest BCUT2D eigenvalue weighted by Crippen LogP contribution is 2.48. The maximum absolute atomic E-state index is 13.8. The molecule has 1 aliphatic carbocycles. The topological polar surface area (TPSA) is 132 Å². The SMILES string of the molecule is CCCCc1cn(C2C(C(=O)O)CC2C(C)C)c(=O)n1Cc1cnccc1-c1ccc(-c2nnn[nH]2)cc1. The van der Waals surface area contributed by atoms with Crippen molar-refractivity contribution in [3.05, 3.63) is 70.7 Å². The molecule has 3 aromatic heterocycles. The number of rotatable bonds is 10. The second kappa shape index (κ2) is 10.7. The number of pyridine rings is 1. The molecule has 1 fully saturated rings. The lowest BCUT2D eigenvalue weighted by Gasteiger charge is -2.45. The van der Waals surface area contributed by atoms with Crippen molar-refractivity contribution in [1.82, 2.24) is 34.7 Å². The van der Waals surface area contributed by atoms with Crippen molar-refractivity contribution in [3.8, 4) is 22.5 Å². The quantitative estimate of drug-likeness (QED) is 0.323. The number of hydrogen-bond donors (Lipinski definition) is 2. The van der Waals surface area contributed by atoms with E-state index in [2.05, 4.69) is 46.4 Å². The van der Waals surface area contributed by atoms with Gasteiger partial charge in [0.2, 0.25) is 0 Å². The van der Waals surface area contributed by atoms with Crippen molar-refractivity contribution < 1.29 is 9.90 Å². The average Bonchev–Trinajstić information content (AvgIpc) is 3.52. The van der Waals surface area contributed by atoms with E-state index >= 15 is 0 Å². The van der Waals surface area contributed by atoms with Gasteiger partial charge >= 0.3 is 11.7 Å². The van der Waals surface area contributed by atoms with E-state index < -0.39 is 11.9 Å². The van der Waals surface area contributed by atoms with E-state index in [1.807, 2.05) is 36.5 Å². The van der Waals surface area contributed by atoms with Crippen LogP contribution in [-0.2, 0) is 17.8 Å². The largest absolute Gasteiger partial charge is 0.481 e. The molecular weight excluding hydrogens is 482 g/mol. The lowest BCUT2D eigenvalue weighted by molar-refractivity contribution is -0.151. The molecule has 1 aliphatic rings. The van der Waals surface area contributed by atoms with Crippen LogP contribution >= 0.6 is 0 Å². The third-order valence-corrected chi connectivity index (χ3v) is 7.79. The highest BCUT2D eigenvalue weighted by molar-refractivity contribution is 5.72. The Morgan fingerprint density at radius 3 is 2.61 bits per heavy atom. The molecule has 0 radical (unpaired) electrons. The lowest BCUT2D eigenvalue weighted by Crippen LogP contribution is -2.48. The van der Waals surface area contributed by atoms with Crippen molar-refractivity contribution in [1.29, 1.82) is 0 Å². The molecule has 3 heterocycles. The Morgan fingerprint density at radius 1 is 1.18 bits per heavy atom. The van der Waals surface area contributed by atoms with E-state index in [0.717, 1.165) is 47.2 Å². The molecule has 198 valence electrons. The molecule has 0 amide bonds. The monoisotopic (exact) mass is 515 g/mol. The summed E-state index contributed by atoms with van der Waals surface area (Å²) in [6.07, 6.45) is 8.76. The van der Waals surface area contributed by atoms with Crippen LogP contribution in [0.1, 0.15) is 57.3 Å². The van der Waals surface area contributed by atoms with Crippen LogP contribution in [0.25, 0.3) is 22.5 Å². The molecule has 3 unspecified atom stereocenters. The lowest BCUT2D eigenvalue weighted by atomic mass is 9.65. The molecule has 0 saturated heterocycles. The fourth-order valence-corrected chi connectivity index (χ4v) is 5.57. The van der Waals surface area contributed by atoms with Gasteiger partial charge in [-0.3, -0.25) is 18.9 Å². The zero-order chi connectivity index (χ0) is 26.8. The van der Waals surface area contributed by atoms with Crippen LogP contribution in [0.3, 0.4) is 0 Å². The molecule has 1 aromatic carbocycles. The van der Waals surface area contributed by atoms with Crippen LogP contribution < -0.4 is 5.69 Å². The molecule has 3 atom stereocenters. The Hall–Kier alpha value is -4.08. The fraction of sp³-hybridized carbons (Fsp3) is 0.429. The minimum absolute atomic E-state index is 0.152. The summed E-state index contributed by atoms with van der Waals surface area (Å²) in [5.41, 5.74) is 4.54. The molecule has 2 N–H and O–H groups in total. The first-order valence-electron chi connectivity index (χ1n) is 13.2. The van der Waals surface area contributed by atoms with Gasteiger partial charge in [-0.05, 0) is 64.3 Å². The van der Waals surface area contributed by atoms with Crippen LogP contribution in [0.15, 0.2) is 53.7 Å². The number of hydrogen-bond acceptors (Lipinski definition) is 6. The van der Waals surface area contributed by atoms with Crippen LogP contribution in [0.5, 0.6) is 0 Å². The number of aromatic nitrogens is 7. The molecule has 0 spiro atoms. The number of unbranched alkanes of at least 4 members (excludes halogenated alkanes) is 1. The zero-order valence-corrected chi connectivity index (χ0v) is 21.9. The van der Waals surface area contributed by atoms with Gasteiger partial charge in [0.15, 0.2) is 5.82 Å². The van der Waals surface area contributed by atoms with Crippen LogP contribution in [0.2, 0.25) is 0 Å². The van der Waals surface area contributed by atoms with Gasteiger partial charge in [0, 0.05) is 29.8 Å². The van der Waals surface area contributed by atoms with Gasteiger partial charge in [-0.15, -0.1) is 5.10 Å². The van der Waals surface area contributed by atoms with E-state index in [1.54, 1.807) is 21.5 Å². The molecule has 10 heteroatoms. The number of nitrogens with one attached hydrogen (secondary N) is 1. The summed E-state index contributed by atoms with van der Waals surface area (Å²) in [5.74, 6) is -0.320. The van der Waals surface area contributed by atoms with Gasteiger partial charge in [-0.25, -0.2) is 9.89 Å².